The Kier molecular flexibility index (Phi) is 11.7. The second-order valence-electron chi connectivity index (χ2n) is 11.9. The van der Waals surface area contributed by atoms with Gasteiger partial charge in [-0.3, -0.25) is 14.2 Å². The number of aromatic nitrogens is 1. The average Bonchev–Trinajstić information content (AvgIpc) is 3.71. The fraction of sp³-hybridized carbons (Fsp3) is 0.270. The number of benzene rings is 4. The summed E-state index contributed by atoms with van der Waals surface area (Å²) in [4.78, 5) is 41.0. The van der Waals surface area contributed by atoms with Gasteiger partial charge in [0.15, 0.2) is 29.4 Å². The summed E-state index contributed by atoms with van der Waals surface area (Å²) >= 11 is 18.6. The molecule has 2 amide bonds. The molecule has 0 fully saturated rings. The van der Waals surface area contributed by atoms with Gasteiger partial charge in [-0.2, -0.15) is 0 Å². The maximum absolute atomic E-state index is 13.7. The highest BCUT2D eigenvalue weighted by molar-refractivity contribution is 6.40. The van der Waals surface area contributed by atoms with Gasteiger partial charge in [0.2, 0.25) is 12.7 Å². The summed E-state index contributed by atoms with van der Waals surface area (Å²) in [5.41, 5.74) is 2.76. The molecule has 14 heteroatoms. The number of rotatable bonds is 15. The number of carbonyl (C=O) groups is 2. The van der Waals surface area contributed by atoms with Crippen LogP contribution in [-0.4, -0.2) is 65.0 Å². The maximum Gasteiger partial charge on any atom is 0.419 e. The molecule has 0 saturated heterocycles. The lowest BCUT2D eigenvalue weighted by Gasteiger charge is -2.30. The molecule has 5 aromatic rings. The third-order valence-electron chi connectivity index (χ3n) is 8.42. The Morgan fingerprint density at radius 2 is 1.65 bits per heavy atom. The fourth-order valence-corrected chi connectivity index (χ4v) is 6.72. The van der Waals surface area contributed by atoms with E-state index in [1.165, 1.54) is 21.6 Å². The van der Waals surface area contributed by atoms with Crippen LogP contribution in [0.3, 0.4) is 0 Å². The summed E-state index contributed by atoms with van der Waals surface area (Å²) in [6, 6.07) is 24.0. The normalized spacial score (nSPS) is 13.2. The van der Waals surface area contributed by atoms with Crippen LogP contribution in [0.25, 0.3) is 11.1 Å². The van der Waals surface area contributed by atoms with Crippen LogP contribution in [0, 0.1) is 0 Å². The number of aliphatic hydroxyl groups is 1. The molecule has 6 rings (SSSR count). The zero-order valence-electron chi connectivity index (χ0n) is 27.2. The Labute approximate surface area is 308 Å². The first kappa shape index (κ1) is 36.1. The number of nitrogens with one attached hydrogen (secondary N) is 1. The fourth-order valence-electron chi connectivity index (χ4n) is 5.79. The minimum atomic E-state index is -1.20. The molecule has 266 valence electrons. The predicted molar refractivity (Wildman–Crippen MR) is 193 cm³/mol. The zero-order valence-corrected chi connectivity index (χ0v) is 29.5. The van der Waals surface area contributed by atoms with Crippen molar-refractivity contribution in [3.05, 3.63) is 122 Å². The minimum absolute atomic E-state index is 0.0509. The number of amides is 2. The molecule has 11 nitrogen and oxygen atoms in total. The summed E-state index contributed by atoms with van der Waals surface area (Å²) in [5, 5.41) is 15.2. The molecular formula is C37H34Cl3N3O8. The van der Waals surface area contributed by atoms with E-state index in [0.717, 1.165) is 11.1 Å². The minimum Gasteiger partial charge on any atom is -0.481 e. The number of hydrogen-bond acceptors (Lipinski definition) is 8. The summed E-state index contributed by atoms with van der Waals surface area (Å²) in [6.45, 7) is -0.171. The summed E-state index contributed by atoms with van der Waals surface area (Å²) in [6.07, 6.45) is -0.556. The highest BCUT2D eigenvalue weighted by atomic mass is 35.5. The van der Waals surface area contributed by atoms with Crippen molar-refractivity contribution in [3.63, 3.8) is 0 Å². The Bertz CT molecular complexity index is 2050. The quantitative estimate of drug-likeness (QED) is 0.135. The van der Waals surface area contributed by atoms with Gasteiger partial charge in [0.05, 0.1) is 27.7 Å². The lowest BCUT2D eigenvalue weighted by atomic mass is 10.00. The smallest absolute Gasteiger partial charge is 0.419 e. The van der Waals surface area contributed by atoms with Crippen molar-refractivity contribution in [2.24, 2.45) is 0 Å². The number of halogens is 3. The van der Waals surface area contributed by atoms with Gasteiger partial charge in [-0.25, -0.2) is 4.79 Å². The van der Waals surface area contributed by atoms with E-state index in [1.54, 1.807) is 30.3 Å². The topological polar surface area (TPSA) is 132 Å². The predicted octanol–water partition coefficient (Wildman–Crippen LogP) is 5.91. The van der Waals surface area contributed by atoms with Gasteiger partial charge in [-0.15, -0.1) is 0 Å². The van der Waals surface area contributed by atoms with Crippen LogP contribution in [0.4, 0.5) is 0 Å². The monoisotopic (exact) mass is 753 g/mol. The van der Waals surface area contributed by atoms with E-state index in [9.17, 15) is 19.5 Å². The Morgan fingerprint density at radius 3 is 2.43 bits per heavy atom. The van der Waals surface area contributed by atoms with Crippen molar-refractivity contribution in [1.29, 1.82) is 0 Å². The maximum atomic E-state index is 13.7. The van der Waals surface area contributed by atoms with E-state index >= 15 is 0 Å². The number of carbonyl (C=O) groups excluding carboxylic acids is 2. The lowest BCUT2D eigenvalue weighted by molar-refractivity contribution is -0.135. The standard InChI is InChI=1S/C37H34Cl3N3O8/c38-25-18-26(39)36(27(40)19-25)48-21-35(46)42(14-12-24-10-11-32-33(17-24)50-22-49-32)20-30(44)28(16-23-6-2-1-3-7-23)41-34(45)13-15-43-29-8-4-5-9-31(29)51-37(43)47/h1-11,17-19,28,30,44H,12-16,20-22H2,(H,41,45)/t28-,30-/m0/s1. The number of para-hydroxylation sites is 2. The Morgan fingerprint density at radius 1 is 0.922 bits per heavy atom. The van der Waals surface area contributed by atoms with E-state index in [-0.39, 0.29) is 61.0 Å². The molecule has 1 aliphatic rings. The van der Waals surface area contributed by atoms with E-state index in [4.69, 9.17) is 53.4 Å². The second kappa shape index (κ2) is 16.6. The number of aliphatic hydroxyl groups excluding tert-OH is 1. The van der Waals surface area contributed by atoms with Crippen molar-refractivity contribution in [3.8, 4) is 17.2 Å². The van der Waals surface area contributed by atoms with Gasteiger partial charge in [-0.05, 0) is 60.4 Å². The first-order chi connectivity index (χ1) is 24.6. The van der Waals surface area contributed by atoms with Gasteiger partial charge in [0.25, 0.3) is 5.91 Å². The molecule has 0 spiro atoms. The molecule has 2 heterocycles. The molecule has 0 bridgehead atoms. The van der Waals surface area contributed by atoms with Crippen LogP contribution in [0.1, 0.15) is 17.5 Å². The van der Waals surface area contributed by atoms with Gasteiger partial charge in [-0.1, -0.05) is 83.3 Å². The number of aryl methyl sites for hydroxylation is 1. The molecule has 0 radical (unpaired) electrons. The van der Waals surface area contributed by atoms with Crippen LogP contribution in [0.2, 0.25) is 15.1 Å². The van der Waals surface area contributed by atoms with E-state index in [2.05, 4.69) is 5.32 Å². The van der Waals surface area contributed by atoms with Gasteiger partial charge in [0.1, 0.15) is 0 Å². The summed E-state index contributed by atoms with van der Waals surface area (Å²) in [5.74, 6) is -0.0563. The molecule has 0 aliphatic carbocycles. The number of oxazole rings is 1. The van der Waals surface area contributed by atoms with Crippen LogP contribution < -0.4 is 25.3 Å². The van der Waals surface area contributed by atoms with Crippen molar-refractivity contribution in [1.82, 2.24) is 14.8 Å². The third kappa shape index (κ3) is 9.17. The highest BCUT2D eigenvalue weighted by Gasteiger charge is 2.27. The van der Waals surface area contributed by atoms with Crippen LogP contribution in [0.15, 0.2) is 94.1 Å². The van der Waals surface area contributed by atoms with Crippen LogP contribution >= 0.6 is 34.8 Å². The zero-order chi connectivity index (χ0) is 35.9. The van der Waals surface area contributed by atoms with E-state index in [0.29, 0.717) is 34.0 Å². The van der Waals surface area contributed by atoms with E-state index < -0.39 is 30.4 Å². The highest BCUT2D eigenvalue weighted by Crippen LogP contribution is 2.36. The summed E-state index contributed by atoms with van der Waals surface area (Å²) in [7, 11) is 0. The van der Waals surface area contributed by atoms with Crippen molar-refractivity contribution in [2.75, 3.05) is 26.5 Å². The molecule has 0 unspecified atom stereocenters. The molecule has 1 aliphatic heterocycles. The third-order valence-corrected chi connectivity index (χ3v) is 9.20. The number of ether oxygens (including phenoxy) is 3. The first-order valence-electron chi connectivity index (χ1n) is 16.2. The van der Waals surface area contributed by atoms with Crippen LogP contribution in [0.5, 0.6) is 17.2 Å². The molecule has 0 saturated carbocycles. The number of fused-ring (bicyclic) bond motifs is 2. The summed E-state index contributed by atoms with van der Waals surface area (Å²) < 4.78 is 23.4. The van der Waals surface area contributed by atoms with E-state index in [1.807, 2.05) is 42.5 Å². The average molecular weight is 755 g/mol. The lowest BCUT2D eigenvalue weighted by Crippen LogP contribution is -2.51. The van der Waals surface area contributed by atoms with Gasteiger partial charge >= 0.3 is 5.76 Å². The van der Waals surface area contributed by atoms with Gasteiger partial charge < -0.3 is 34.0 Å². The largest absolute Gasteiger partial charge is 0.481 e. The molecule has 51 heavy (non-hydrogen) atoms. The number of nitrogens with zero attached hydrogens (tertiary/aromatic N) is 2. The molecule has 2 atom stereocenters. The SMILES string of the molecule is O=C(CCn1c(=O)oc2ccccc21)N[C@@H](Cc1ccccc1)[C@@H](O)CN(CCc1ccc2c(c1)OCO2)C(=O)COc1c(Cl)cc(Cl)cc1Cl. The van der Waals surface area contributed by atoms with Crippen LogP contribution in [-0.2, 0) is 29.0 Å². The molecule has 4 aromatic carbocycles. The number of hydrogen-bond donors (Lipinski definition) is 2. The second-order valence-corrected chi connectivity index (χ2v) is 13.2. The molecule has 1 aromatic heterocycles. The molecule has 2 N–H and O–H groups in total. The first-order valence-corrected chi connectivity index (χ1v) is 17.3. The Hall–Kier alpha value is -4.68. The van der Waals surface area contributed by atoms with Crippen molar-refractivity contribution < 1.29 is 33.3 Å². The molecular weight excluding hydrogens is 721 g/mol. The van der Waals surface area contributed by atoms with Gasteiger partial charge in [0, 0.05) is 31.1 Å². The van der Waals surface area contributed by atoms with Crippen molar-refractivity contribution >= 4 is 57.7 Å². The Balaban J connectivity index is 1.18. The van der Waals surface area contributed by atoms with Crippen molar-refractivity contribution in [2.45, 2.75) is 38.0 Å².